The van der Waals surface area contributed by atoms with Crippen molar-refractivity contribution in [3.8, 4) is 5.75 Å². The molecule has 1 amide bonds. The zero-order valence-electron chi connectivity index (χ0n) is 12.1. The Balaban J connectivity index is 1.87. The van der Waals surface area contributed by atoms with Crippen molar-refractivity contribution in [2.24, 2.45) is 0 Å². The number of nitrogens with zero attached hydrogens (tertiary/aromatic N) is 1. The number of carbonyl (C=O) groups is 1. The molecule has 1 atom stereocenters. The molecule has 4 heteroatoms. The van der Waals surface area contributed by atoms with Gasteiger partial charge in [0.05, 0.1) is 7.11 Å². The number of ether oxygens (including phenoxy) is 2. The Kier molecular flexibility index (Phi) is 3.62. The molecule has 0 unspecified atom stereocenters. The number of amides is 1. The summed E-state index contributed by atoms with van der Waals surface area (Å²) in [5.74, 6) is 0.811. The summed E-state index contributed by atoms with van der Waals surface area (Å²) < 4.78 is 10.7. The minimum atomic E-state index is -0.323. The first-order valence-corrected chi connectivity index (χ1v) is 6.80. The molecule has 0 N–H and O–H groups in total. The molecule has 3 rings (SSSR count). The van der Waals surface area contributed by atoms with E-state index in [1.807, 2.05) is 48.5 Å². The maximum atomic E-state index is 12.5. The third kappa shape index (κ3) is 2.38. The van der Waals surface area contributed by atoms with Crippen LogP contribution in [-0.4, -0.2) is 25.0 Å². The molecule has 0 fully saturated rings. The van der Waals surface area contributed by atoms with Gasteiger partial charge >= 0.3 is 0 Å². The van der Waals surface area contributed by atoms with Crippen molar-refractivity contribution in [3.63, 3.8) is 0 Å². The molecule has 0 aliphatic carbocycles. The van der Waals surface area contributed by atoms with E-state index in [4.69, 9.17) is 9.47 Å². The van der Waals surface area contributed by atoms with Crippen LogP contribution in [0.3, 0.4) is 0 Å². The lowest BCUT2D eigenvalue weighted by atomic mass is 10.1. The highest BCUT2D eigenvalue weighted by Gasteiger charge is 2.36. The molecule has 0 radical (unpaired) electrons. The molecule has 0 saturated heterocycles. The fourth-order valence-corrected chi connectivity index (χ4v) is 2.67. The van der Waals surface area contributed by atoms with Crippen molar-refractivity contribution in [3.05, 3.63) is 65.2 Å². The fourth-order valence-electron chi connectivity index (χ4n) is 2.67. The maximum Gasteiger partial charge on any atom is 0.256 e. The molecular weight excluding hydrogens is 266 g/mol. The smallest absolute Gasteiger partial charge is 0.256 e. The van der Waals surface area contributed by atoms with Crippen molar-refractivity contribution in [2.45, 2.75) is 12.8 Å². The number of rotatable bonds is 4. The molecule has 0 saturated carbocycles. The Labute approximate surface area is 123 Å². The molecule has 0 spiro atoms. The lowest BCUT2D eigenvalue weighted by Crippen LogP contribution is -2.28. The van der Waals surface area contributed by atoms with Crippen LogP contribution < -0.4 is 4.74 Å². The molecule has 4 nitrogen and oxygen atoms in total. The van der Waals surface area contributed by atoms with Gasteiger partial charge < -0.3 is 14.4 Å². The predicted octanol–water partition coefficient (Wildman–Crippen LogP) is 3.00. The zero-order chi connectivity index (χ0) is 14.8. The third-order valence-corrected chi connectivity index (χ3v) is 3.74. The average molecular weight is 283 g/mol. The number of methoxy groups -OCH3 is 2. The van der Waals surface area contributed by atoms with Crippen molar-refractivity contribution in [2.75, 3.05) is 14.2 Å². The van der Waals surface area contributed by atoms with Crippen LogP contribution in [-0.2, 0) is 11.3 Å². The summed E-state index contributed by atoms with van der Waals surface area (Å²) in [6, 6.07) is 15.3. The van der Waals surface area contributed by atoms with Crippen LogP contribution in [0, 0.1) is 0 Å². The number of hydrogen-bond donors (Lipinski definition) is 0. The second-order valence-corrected chi connectivity index (χ2v) is 4.96. The normalized spacial score (nSPS) is 17.0. The van der Waals surface area contributed by atoms with E-state index in [1.165, 1.54) is 0 Å². The lowest BCUT2D eigenvalue weighted by molar-refractivity contribution is -0.0162. The minimum absolute atomic E-state index is 0.00766. The van der Waals surface area contributed by atoms with Gasteiger partial charge in [-0.3, -0.25) is 4.79 Å². The predicted molar refractivity (Wildman–Crippen MR) is 79.1 cm³/mol. The van der Waals surface area contributed by atoms with Crippen LogP contribution >= 0.6 is 0 Å². The molecule has 0 bridgehead atoms. The van der Waals surface area contributed by atoms with Crippen LogP contribution in [0.25, 0.3) is 0 Å². The number of carbonyl (C=O) groups excluding carboxylic acids is 1. The van der Waals surface area contributed by atoms with Gasteiger partial charge in [0, 0.05) is 24.8 Å². The molecule has 108 valence electrons. The van der Waals surface area contributed by atoms with E-state index in [0.29, 0.717) is 6.54 Å². The Morgan fingerprint density at radius 1 is 1.05 bits per heavy atom. The summed E-state index contributed by atoms with van der Waals surface area (Å²) in [6.45, 7) is 0.510. The quantitative estimate of drug-likeness (QED) is 0.866. The van der Waals surface area contributed by atoms with Crippen LogP contribution in [0.4, 0.5) is 0 Å². The fraction of sp³-hybridized carbons (Fsp3) is 0.235. The number of fused-ring (bicyclic) bond motifs is 1. The summed E-state index contributed by atoms with van der Waals surface area (Å²) in [4.78, 5) is 14.3. The molecule has 21 heavy (non-hydrogen) atoms. The first-order chi connectivity index (χ1) is 10.2. The van der Waals surface area contributed by atoms with Gasteiger partial charge in [-0.05, 0) is 23.8 Å². The van der Waals surface area contributed by atoms with Crippen molar-refractivity contribution >= 4 is 5.91 Å². The lowest BCUT2D eigenvalue weighted by Gasteiger charge is -2.24. The Morgan fingerprint density at radius 3 is 2.43 bits per heavy atom. The highest BCUT2D eigenvalue weighted by molar-refractivity contribution is 5.98. The Bertz CT molecular complexity index is 651. The topological polar surface area (TPSA) is 38.8 Å². The summed E-state index contributed by atoms with van der Waals surface area (Å²) in [5, 5.41) is 0. The van der Waals surface area contributed by atoms with Gasteiger partial charge in [0.25, 0.3) is 5.91 Å². The largest absolute Gasteiger partial charge is 0.497 e. The summed E-state index contributed by atoms with van der Waals surface area (Å²) in [7, 11) is 3.26. The van der Waals surface area contributed by atoms with Gasteiger partial charge in [-0.25, -0.2) is 0 Å². The van der Waals surface area contributed by atoms with Crippen molar-refractivity contribution < 1.29 is 14.3 Å². The summed E-state index contributed by atoms with van der Waals surface area (Å²) >= 11 is 0. The van der Waals surface area contributed by atoms with E-state index in [9.17, 15) is 4.79 Å². The summed E-state index contributed by atoms with van der Waals surface area (Å²) in [6.07, 6.45) is -0.323. The molecule has 1 heterocycles. The van der Waals surface area contributed by atoms with E-state index in [0.717, 1.165) is 22.4 Å². The van der Waals surface area contributed by atoms with E-state index < -0.39 is 0 Å². The van der Waals surface area contributed by atoms with Gasteiger partial charge in [0.2, 0.25) is 0 Å². The van der Waals surface area contributed by atoms with Gasteiger partial charge in [-0.15, -0.1) is 0 Å². The number of hydrogen-bond acceptors (Lipinski definition) is 3. The summed E-state index contributed by atoms with van der Waals surface area (Å²) in [5.41, 5.74) is 2.69. The van der Waals surface area contributed by atoms with Crippen molar-refractivity contribution in [1.82, 2.24) is 4.90 Å². The number of benzene rings is 2. The molecule has 2 aromatic carbocycles. The van der Waals surface area contributed by atoms with E-state index in [1.54, 1.807) is 19.1 Å². The Morgan fingerprint density at radius 2 is 1.76 bits per heavy atom. The standard InChI is InChI=1S/C17H17NO3/c1-20-13-9-7-12(8-10-13)11-18-16(19)14-5-3-4-6-15(14)17(18)21-2/h3-10,17H,11H2,1-2H3/t17-/m1/s1. The van der Waals surface area contributed by atoms with Crippen LogP contribution in [0.5, 0.6) is 5.75 Å². The second-order valence-electron chi connectivity index (χ2n) is 4.96. The van der Waals surface area contributed by atoms with E-state index in [2.05, 4.69) is 0 Å². The molecule has 2 aromatic rings. The minimum Gasteiger partial charge on any atom is -0.497 e. The highest BCUT2D eigenvalue weighted by Crippen LogP contribution is 2.35. The van der Waals surface area contributed by atoms with Gasteiger partial charge in [0.1, 0.15) is 5.75 Å². The maximum absolute atomic E-state index is 12.5. The van der Waals surface area contributed by atoms with E-state index in [-0.39, 0.29) is 12.1 Å². The van der Waals surface area contributed by atoms with E-state index >= 15 is 0 Å². The Hall–Kier alpha value is -2.33. The monoisotopic (exact) mass is 283 g/mol. The van der Waals surface area contributed by atoms with Gasteiger partial charge in [-0.1, -0.05) is 30.3 Å². The zero-order valence-corrected chi connectivity index (χ0v) is 12.1. The highest BCUT2D eigenvalue weighted by atomic mass is 16.5. The van der Waals surface area contributed by atoms with Gasteiger partial charge in [0.15, 0.2) is 6.23 Å². The van der Waals surface area contributed by atoms with Crippen LogP contribution in [0.1, 0.15) is 27.7 Å². The van der Waals surface area contributed by atoms with Crippen molar-refractivity contribution in [1.29, 1.82) is 0 Å². The molecule has 1 aliphatic rings. The van der Waals surface area contributed by atoms with Crippen LogP contribution in [0.2, 0.25) is 0 Å². The molecule has 1 aliphatic heterocycles. The molecular formula is C17H17NO3. The third-order valence-electron chi connectivity index (χ3n) is 3.74. The van der Waals surface area contributed by atoms with Crippen LogP contribution in [0.15, 0.2) is 48.5 Å². The SMILES string of the molecule is COc1ccc(CN2C(=O)c3ccccc3[C@H]2OC)cc1. The molecule has 0 aromatic heterocycles. The average Bonchev–Trinajstić information content (AvgIpc) is 2.80. The first-order valence-electron chi connectivity index (χ1n) is 6.80. The second kappa shape index (κ2) is 5.58. The first kappa shape index (κ1) is 13.6. The van der Waals surface area contributed by atoms with Gasteiger partial charge in [-0.2, -0.15) is 0 Å².